The largest absolute Gasteiger partial charge is 0.417 e. The van der Waals surface area contributed by atoms with Crippen molar-refractivity contribution in [3.05, 3.63) is 42.5 Å². The lowest BCUT2D eigenvalue weighted by atomic mass is 9.94. The highest BCUT2D eigenvalue weighted by atomic mass is 19.4. The average Bonchev–Trinajstić information content (AvgIpc) is 2.77. The lowest BCUT2D eigenvalue weighted by Crippen LogP contribution is -2.46. The van der Waals surface area contributed by atoms with Crippen molar-refractivity contribution < 1.29 is 27.9 Å². The first-order chi connectivity index (χ1) is 11.7. The number of hydrogen-bond acceptors (Lipinski definition) is 3. The van der Waals surface area contributed by atoms with Crippen molar-refractivity contribution >= 4 is 17.5 Å². The van der Waals surface area contributed by atoms with E-state index < -0.39 is 36.4 Å². The molecule has 1 saturated heterocycles. The molecule has 0 bridgehead atoms. The Morgan fingerprint density at radius 3 is 2.40 bits per heavy atom. The molecule has 136 valence electrons. The monoisotopic (exact) mass is 356 g/mol. The van der Waals surface area contributed by atoms with Crippen molar-refractivity contribution in [1.29, 1.82) is 0 Å². The molecule has 0 aromatic heterocycles. The van der Waals surface area contributed by atoms with Crippen LogP contribution in [0.15, 0.2) is 36.9 Å². The minimum atomic E-state index is -4.71. The third-order valence-electron chi connectivity index (χ3n) is 4.21. The number of rotatable bonds is 3. The summed E-state index contributed by atoms with van der Waals surface area (Å²) in [4.78, 5) is 25.0. The van der Waals surface area contributed by atoms with Gasteiger partial charge in [0.15, 0.2) is 5.60 Å². The van der Waals surface area contributed by atoms with Gasteiger partial charge in [-0.2, -0.15) is 13.2 Å². The Morgan fingerprint density at radius 2 is 1.84 bits per heavy atom. The summed E-state index contributed by atoms with van der Waals surface area (Å²) in [7, 11) is 0. The molecule has 25 heavy (non-hydrogen) atoms. The van der Waals surface area contributed by atoms with Gasteiger partial charge in [0.05, 0.1) is 0 Å². The zero-order chi connectivity index (χ0) is 18.7. The number of amides is 2. The van der Waals surface area contributed by atoms with Crippen molar-refractivity contribution in [2.45, 2.75) is 31.0 Å². The fourth-order valence-electron chi connectivity index (χ4n) is 2.68. The topological polar surface area (TPSA) is 69.6 Å². The molecule has 0 saturated carbocycles. The van der Waals surface area contributed by atoms with E-state index in [1.807, 2.05) is 0 Å². The van der Waals surface area contributed by atoms with E-state index in [0.29, 0.717) is 11.3 Å². The van der Waals surface area contributed by atoms with Crippen LogP contribution < -0.4 is 5.32 Å². The number of nitrogens with one attached hydrogen (secondary N) is 1. The highest BCUT2D eigenvalue weighted by molar-refractivity contribution is 5.99. The first kappa shape index (κ1) is 19.0. The Bertz CT molecular complexity index is 658. The summed E-state index contributed by atoms with van der Waals surface area (Å²) in [6.07, 6.45) is -4.51. The predicted molar refractivity (Wildman–Crippen MR) is 86.0 cm³/mol. The third-order valence-corrected chi connectivity index (χ3v) is 4.21. The molecule has 0 radical (unpaired) electrons. The zero-order valence-corrected chi connectivity index (χ0v) is 13.5. The number of benzene rings is 1. The Labute approximate surface area is 143 Å². The van der Waals surface area contributed by atoms with Crippen LogP contribution in [0.2, 0.25) is 0 Å². The molecule has 1 aromatic carbocycles. The number of hydrogen-bond donors (Lipinski definition) is 2. The highest BCUT2D eigenvalue weighted by Crippen LogP contribution is 2.38. The summed E-state index contributed by atoms with van der Waals surface area (Å²) < 4.78 is 38.8. The van der Waals surface area contributed by atoms with E-state index in [4.69, 9.17) is 0 Å². The van der Waals surface area contributed by atoms with Crippen LogP contribution in [0.3, 0.4) is 0 Å². The van der Waals surface area contributed by atoms with Crippen LogP contribution in [0.4, 0.5) is 18.9 Å². The Kier molecular flexibility index (Phi) is 5.52. The van der Waals surface area contributed by atoms with Crippen molar-refractivity contribution in [3.63, 3.8) is 0 Å². The molecule has 2 amide bonds. The van der Waals surface area contributed by atoms with Gasteiger partial charge in [0.1, 0.15) is 0 Å². The first-order valence-electron chi connectivity index (χ1n) is 7.78. The Morgan fingerprint density at radius 1 is 1.20 bits per heavy atom. The van der Waals surface area contributed by atoms with Gasteiger partial charge in [0.2, 0.25) is 5.91 Å². The fourth-order valence-corrected chi connectivity index (χ4v) is 2.68. The molecule has 2 N–H and O–H groups in total. The molecule has 1 aliphatic rings. The maximum atomic E-state index is 12.9. The molecule has 1 fully saturated rings. The van der Waals surface area contributed by atoms with Gasteiger partial charge in [0.25, 0.3) is 5.91 Å². The molecule has 1 heterocycles. The molecular weight excluding hydrogens is 337 g/mol. The maximum absolute atomic E-state index is 12.9. The summed E-state index contributed by atoms with van der Waals surface area (Å²) in [5.41, 5.74) is -1.97. The van der Waals surface area contributed by atoms with Gasteiger partial charge in [-0.1, -0.05) is 6.58 Å². The standard InChI is InChI=1S/C17H19F3N2O3/c1-2-14(23)21-13-6-4-12(5-7-13)15(24)22-10-3-8-16(25,9-11-22)17(18,19)20/h2,4-7,25H,1,3,8-11H2,(H,21,23). The fraction of sp³-hybridized carbons (Fsp3) is 0.412. The van der Waals surface area contributed by atoms with E-state index in [1.165, 1.54) is 29.2 Å². The quantitative estimate of drug-likeness (QED) is 0.818. The minimum Gasteiger partial charge on any atom is -0.380 e. The number of carbonyl (C=O) groups excluding carboxylic acids is 2. The molecule has 2 rings (SSSR count). The van der Waals surface area contributed by atoms with Crippen LogP contribution in [0.1, 0.15) is 29.6 Å². The SMILES string of the molecule is C=CC(=O)Nc1ccc(C(=O)N2CCCC(O)(C(F)(F)F)CC2)cc1. The number of aliphatic hydroxyl groups is 1. The van der Waals surface area contributed by atoms with Crippen molar-refractivity contribution in [3.8, 4) is 0 Å². The van der Waals surface area contributed by atoms with E-state index >= 15 is 0 Å². The summed E-state index contributed by atoms with van der Waals surface area (Å²) in [5, 5.41) is 12.3. The molecule has 0 aliphatic carbocycles. The molecule has 0 spiro atoms. The van der Waals surface area contributed by atoms with Gasteiger partial charge in [-0.05, 0) is 43.2 Å². The van der Waals surface area contributed by atoms with Crippen LogP contribution in [0.25, 0.3) is 0 Å². The van der Waals surface area contributed by atoms with E-state index in [1.54, 1.807) is 0 Å². The molecule has 1 aromatic rings. The maximum Gasteiger partial charge on any atom is 0.417 e. The van der Waals surface area contributed by atoms with E-state index in [9.17, 15) is 27.9 Å². The van der Waals surface area contributed by atoms with Crippen LogP contribution in [-0.4, -0.2) is 46.7 Å². The first-order valence-corrected chi connectivity index (χ1v) is 7.78. The summed E-state index contributed by atoms with van der Waals surface area (Å²) in [6, 6.07) is 6.03. The predicted octanol–water partition coefficient (Wildman–Crippen LogP) is 2.73. The second kappa shape index (κ2) is 7.26. The third kappa shape index (κ3) is 4.39. The second-order valence-electron chi connectivity index (χ2n) is 5.95. The Hall–Kier alpha value is -2.35. The smallest absolute Gasteiger partial charge is 0.380 e. The number of likely N-dealkylation sites (tertiary alicyclic amines) is 1. The van der Waals surface area contributed by atoms with Gasteiger partial charge in [-0.3, -0.25) is 9.59 Å². The molecule has 8 heteroatoms. The van der Waals surface area contributed by atoms with Crippen molar-refractivity contribution in [2.75, 3.05) is 18.4 Å². The normalized spacial score (nSPS) is 21.4. The van der Waals surface area contributed by atoms with Crippen LogP contribution >= 0.6 is 0 Å². The van der Waals surface area contributed by atoms with Gasteiger partial charge < -0.3 is 15.3 Å². The summed E-state index contributed by atoms with van der Waals surface area (Å²) in [5.74, 6) is -0.800. The van der Waals surface area contributed by atoms with Crippen LogP contribution in [-0.2, 0) is 4.79 Å². The van der Waals surface area contributed by atoms with Gasteiger partial charge in [-0.15, -0.1) is 0 Å². The van der Waals surface area contributed by atoms with Crippen LogP contribution in [0.5, 0.6) is 0 Å². The second-order valence-corrected chi connectivity index (χ2v) is 5.95. The van der Waals surface area contributed by atoms with Gasteiger partial charge >= 0.3 is 6.18 Å². The number of carbonyl (C=O) groups is 2. The van der Waals surface area contributed by atoms with Crippen molar-refractivity contribution in [2.24, 2.45) is 0 Å². The van der Waals surface area contributed by atoms with Crippen molar-refractivity contribution in [1.82, 2.24) is 4.90 Å². The lowest BCUT2D eigenvalue weighted by Gasteiger charge is -2.29. The minimum absolute atomic E-state index is 0.0647. The number of nitrogens with zero attached hydrogens (tertiary/aromatic N) is 1. The summed E-state index contributed by atoms with van der Waals surface area (Å²) >= 11 is 0. The van der Waals surface area contributed by atoms with E-state index in [-0.39, 0.29) is 19.5 Å². The summed E-state index contributed by atoms with van der Waals surface area (Å²) in [6.45, 7) is 3.30. The number of alkyl halides is 3. The van der Waals surface area contributed by atoms with Gasteiger partial charge in [0, 0.05) is 30.8 Å². The number of anilines is 1. The highest BCUT2D eigenvalue weighted by Gasteiger charge is 2.53. The number of halogens is 3. The van der Waals surface area contributed by atoms with E-state index in [0.717, 1.165) is 6.08 Å². The molecule has 1 atom stereocenters. The van der Waals surface area contributed by atoms with Crippen LogP contribution in [0, 0.1) is 0 Å². The molecule has 1 unspecified atom stereocenters. The molecule has 1 aliphatic heterocycles. The van der Waals surface area contributed by atoms with Gasteiger partial charge in [-0.25, -0.2) is 0 Å². The average molecular weight is 356 g/mol. The Balaban J connectivity index is 2.05. The lowest BCUT2D eigenvalue weighted by molar-refractivity contribution is -0.263. The molecule has 5 nitrogen and oxygen atoms in total. The molecular formula is C17H19F3N2O3. The zero-order valence-electron chi connectivity index (χ0n) is 13.5. The van der Waals surface area contributed by atoms with E-state index in [2.05, 4.69) is 11.9 Å².